The summed E-state index contributed by atoms with van der Waals surface area (Å²) in [7, 11) is 0. The van der Waals surface area contributed by atoms with Crippen molar-refractivity contribution in [3.05, 3.63) is 0 Å². The van der Waals surface area contributed by atoms with Gasteiger partial charge in [-0.1, -0.05) is 27.7 Å². The molecule has 0 aliphatic carbocycles. The lowest BCUT2D eigenvalue weighted by Gasteiger charge is -2.26. The number of nitriles is 1. The van der Waals surface area contributed by atoms with Crippen molar-refractivity contribution in [2.24, 2.45) is 11.8 Å². The van der Waals surface area contributed by atoms with E-state index in [1.54, 1.807) is 0 Å². The van der Waals surface area contributed by atoms with Crippen LogP contribution in [0.25, 0.3) is 0 Å². The van der Waals surface area contributed by atoms with E-state index in [0.29, 0.717) is 18.3 Å². The predicted molar refractivity (Wildman–Crippen MR) is 69.2 cm³/mol. The Morgan fingerprint density at radius 1 is 1.25 bits per heavy atom. The zero-order valence-corrected chi connectivity index (χ0v) is 11.3. The number of rotatable bonds is 9. The molecule has 0 aliphatic rings. The van der Waals surface area contributed by atoms with Crippen LogP contribution >= 0.6 is 0 Å². The molecule has 16 heavy (non-hydrogen) atoms. The molecule has 1 unspecified atom stereocenters. The van der Waals surface area contributed by atoms with Crippen molar-refractivity contribution in [2.75, 3.05) is 32.7 Å². The highest BCUT2D eigenvalue weighted by Gasteiger charge is 2.11. The van der Waals surface area contributed by atoms with E-state index in [4.69, 9.17) is 5.26 Å². The van der Waals surface area contributed by atoms with Crippen LogP contribution in [0.4, 0.5) is 0 Å². The summed E-state index contributed by atoms with van der Waals surface area (Å²) in [6, 6.07) is 2.23. The van der Waals surface area contributed by atoms with E-state index in [0.717, 1.165) is 32.7 Å². The first-order valence-corrected chi connectivity index (χ1v) is 6.40. The summed E-state index contributed by atoms with van der Waals surface area (Å²) in [5.74, 6) is 1.32. The van der Waals surface area contributed by atoms with Crippen molar-refractivity contribution < 1.29 is 0 Å². The molecule has 0 rings (SSSR count). The average Bonchev–Trinajstić information content (AvgIpc) is 2.22. The Morgan fingerprint density at radius 3 is 2.44 bits per heavy atom. The lowest BCUT2D eigenvalue weighted by molar-refractivity contribution is 0.216. The maximum atomic E-state index is 8.64. The molecule has 0 aromatic heterocycles. The minimum absolute atomic E-state index is 0.640. The maximum Gasteiger partial charge on any atom is 0.0635 e. The van der Waals surface area contributed by atoms with Crippen LogP contribution < -0.4 is 5.32 Å². The van der Waals surface area contributed by atoms with Gasteiger partial charge in [-0.2, -0.15) is 5.26 Å². The zero-order valence-electron chi connectivity index (χ0n) is 11.3. The van der Waals surface area contributed by atoms with Crippen LogP contribution in [0.3, 0.4) is 0 Å². The second kappa shape index (κ2) is 9.62. The van der Waals surface area contributed by atoms with Gasteiger partial charge in [-0.05, 0) is 24.9 Å². The predicted octanol–water partition coefficient (Wildman–Crippen LogP) is 2.10. The quantitative estimate of drug-likeness (QED) is 0.653. The van der Waals surface area contributed by atoms with Gasteiger partial charge in [0.2, 0.25) is 0 Å². The molecular weight excluding hydrogens is 198 g/mol. The summed E-state index contributed by atoms with van der Waals surface area (Å²) in [4.78, 5) is 2.41. The number of hydrogen-bond donors (Lipinski definition) is 1. The molecule has 0 amide bonds. The van der Waals surface area contributed by atoms with E-state index in [1.165, 1.54) is 0 Å². The van der Waals surface area contributed by atoms with Crippen molar-refractivity contribution in [1.29, 1.82) is 5.26 Å². The van der Waals surface area contributed by atoms with Crippen LogP contribution in [-0.4, -0.2) is 37.6 Å². The van der Waals surface area contributed by atoms with E-state index in [9.17, 15) is 0 Å². The molecule has 3 nitrogen and oxygen atoms in total. The molecule has 3 heteroatoms. The highest BCUT2D eigenvalue weighted by Crippen LogP contribution is 2.04. The van der Waals surface area contributed by atoms with Crippen LogP contribution in [-0.2, 0) is 0 Å². The van der Waals surface area contributed by atoms with Gasteiger partial charge in [0.05, 0.1) is 6.07 Å². The summed E-state index contributed by atoms with van der Waals surface area (Å²) >= 11 is 0. The lowest BCUT2D eigenvalue weighted by atomic mass is 10.1. The van der Waals surface area contributed by atoms with Crippen LogP contribution in [0.15, 0.2) is 0 Å². The van der Waals surface area contributed by atoms with E-state index in [1.807, 2.05) is 0 Å². The van der Waals surface area contributed by atoms with Gasteiger partial charge >= 0.3 is 0 Å². The first-order valence-electron chi connectivity index (χ1n) is 6.40. The van der Waals surface area contributed by atoms with E-state index in [-0.39, 0.29) is 0 Å². The SMILES string of the molecule is CCNCC(C)CN(CCC#N)CC(C)C. The van der Waals surface area contributed by atoms with Gasteiger partial charge in [0.1, 0.15) is 0 Å². The third-order valence-corrected chi connectivity index (χ3v) is 2.48. The van der Waals surface area contributed by atoms with Crippen LogP contribution in [0.1, 0.15) is 34.1 Å². The largest absolute Gasteiger partial charge is 0.317 e. The first-order chi connectivity index (χ1) is 7.60. The van der Waals surface area contributed by atoms with Gasteiger partial charge in [0.25, 0.3) is 0 Å². The molecule has 0 aliphatic heterocycles. The Labute approximate surface area is 101 Å². The van der Waals surface area contributed by atoms with E-state index >= 15 is 0 Å². The van der Waals surface area contributed by atoms with Crippen molar-refractivity contribution in [1.82, 2.24) is 10.2 Å². The maximum absolute atomic E-state index is 8.64. The molecule has 0 bridgehead atoms. The minimum atomic E-state index is 0.640. The summed E-state index contributed by atoms with van der Waals surface area (Å²) in [6.45, 7) is 14.1. The molecule has 1 N–H and O–H groups in total. The molecular formula is C13H27N3. The second-order valence-corrected chi connectivity index (χ2v) is 4.97. The lowest BCUT2D eigenvalue weighted by Crippen LogP contribution is -2.36. The van der Waals surface area contributed by atoms with Crippen molar-refractivity contribution >= 4 is 0 Å². The summed E-state index contributed by atoms with van der Waals surface area (Å²) in [5.41, 5.74) is 0. The van der Waals surface area contributed by atoms with Gasteiger partial charge in [-0.25, -0.2) is 0 Å². The highest BCUT2D eigenvalue weighted by atomic mass is 15.1. The smallest absolute Gasteiger partial charge is 0.0635 e. The second-order valence-electron chi connectivity index (χ2n) is 4.97. The number of hydrogen-bond acceptors (Lipinski definition) is 3. The van der Waals surface area contributed by atoms with E-state index < -0.39 is 0 Å². The Bertz CT molecular complexity index is 196. The minimum Gasteiger partial charge on any atom is -0.317 e. The molecule has 0 aromatic rings. The van der Waals surface area contributed by atoms with Crippen molar-refractivity contribution in [2.45, 2.75) is 34.1 Å². The van der Waals surface area contributed by atoms with Gasteiger partial charge in [-0.15, -0.1) is 0 Å². The van der Waals surface area contributed by atoms with Gasteiger partial charge < -0.3 is 10.2 Å². The molecule has 0 radical (unpaired) electrons. The molecule has 0 spiro atoms. The van der Waals surface area contributed by atoms with Crippen LogP contribution in [0, 0.1) is 23.2 Å². The zero-order chi connectivity index (χ0) is 12.4. The molecule has 0 heterocycles. The van der Waals surface area contributed by atoms with Crippen LogP contribution in [0.2, 0.25) is 0 Å². The third-order valence-electron chi connectivity index (χ3n) is 2.48. The summed E-state index contributed by atoms with van der Waals surface area (Å²) in [5, 5.41) is 12.0. The van der Waals surface area contributed by atoms with Gasteiger partial charge in [-0.3, -0.25) is 0 Å². The molecule has 0 saturated carbocycles. The summed E-state index contributed by atoms with van der Waals surface area (Å²) < 4.78 is 0. The molecule has 0 aromatic carbocycles. The summed E-state index contributed by atoms with van der Waals surface area (Å²) in [6.07, 6.45) is 0.640. The Morgan fingerprint density at radius 2 is 1.94 bits per heavy atom. The number of nitrogens with zero attached hydrogens (tertiary/aromatic N) is 2. The monoisotopic (exact) mass is 225 g/mol. The fraction of sp³-hybridized carbons (Fsp3) is 0.923. The van der Waals surface area contributed by atoms with Crippen molar-refractivity contribution in [3.8, 4) is 6.07 Å². The Hall–Kier alpha value is -0.590. The molecule has 0 fully saturated rings. The topological polar surface area (TPSA) is 39.1 Å². The number of nitrogens with one attached hydrogen (secondary N) is 1. The first kappa shape index (κ1) is 15.4. The normalized spacial score (nSPS) is 13.1. The molecule has 0 saturated heterocycles. The van der Waals surface area contributed by atoms with Crippen molar-refractivity contribution in [3.63, 3.8) is 0 Å². The fourth-order valence-corrected chi connectivity index (χ4v) is 1.88. The Kier molecular flexibility index (Phi) is 9.27. The molecule has 94 valence electrons. The molecule has 1 atom stereocenters. The average molecular weight is 225 g/mol. The fourth-order valence-electron chi connectivity index (χ4n) is 1.88. The third kappa shape index (κ3) is 8.70. The van der Waals surface area contributed by atoms with E-state index in [2.05, 4.69) is 44.0 Å². The highest BCUT2D eigenvalue weighted by molar-refractivity contribution is 4.74. The van der Waals surface area contributed by atoms with Gasteiger partial charge in [0, 0.05) is 26.1 Å². The van der Waals surface area contributed by atoms with Gasteiger partial charge in [0.15, 0.2) is 0 Å². The Balaban J connectivity index is 3.93. The van der Waals surface area contributed by atoms with Crippen LogP contribution in [0.5, 0.6) is 0 Å². The standard InChI is InChI=1S/C13H27N3/c1-5-15-9-13(4)11-16(8-6-7-14)10-12(2)3/h12-13,15H,5-6,8-11H2,1-4H3.